The Morgan fingerprint density at radius 2 is 0.286 bits per heavy atom. The molecule has 0 radical (unpaired) electrons. The predicted molar refractivity (Wildman–Crippen MR) is 90.2 cm³/mol. The molecule has 0 saturated heterocycles. The van der Waals surface area contributed by atoms with Gasteiger partial charge in [-0.2, -0.15) is 0 Å². The zero-order valence-corrected chi connectivity index (χ0v) is 25.0. The Morgan fingerprint density at radius 1 is 0.286 bits per heavy atom. The van der Waals surface area contributed by atoms with Crippen LogP contribution in [-0.4, -0.2) is 0 Å². The van der Waals surface area contributed by atoms with E-state index < -0.39 is 0 Å². The van der Waals surface area contributed by atoms with E-state index >= 15 is 0 Å². The van der Waals surface area contributed by atoms with Gasteiger partial charge >= 0.3 is 56.4 Å². The largest absolute Gasteiger partial charge is 0.693 e. The third-order valence-corrected chi connectivity index (χ3v) is 0. The van der Waals surface area contributed by atoms with Crippen LogP contribution in [0.2, 0.25) is 0 Å². The Labute approximate surface area is 208 Å². The smallest absolute Gasteiger partial charge is 0 e. The summed E-state index contributed by atoms with van der Waals surface area (Å²) in [4.78, 5) is 0. The van der Waals surface area contributed by atoms with Crippen LogP contribution in [0.4, 0.5) is 0 Å². The monoisotopic (exact) mass is 1270 g/mol. The van der Waals surface area contributed by atoms with Gasteiger partial charge in [0.25, 0.3) is 0 Å². The van der Waals surface area contributed by atoms with Crippen molar-refractivity contribution in [3.8, 4) is 0 Å². The van der Waals surface area contributed by atoms with Gasteiger partial charge in [-0.05, 0) is 0 Å². The van der Waals surface area contributed by atoms with Gasteiger partial charge in [0.05, 0.1) is 0 Å². The molecule has 0 unspecified atom stereocenters. The molecule has 0 atom stereocenters. The van der Waals surface area contributed by atoms with Crippen molar-refractivity contribution in [1.82, 2.24) is 0 Å². The third kappa shape index (κ3) is 842. The first-order chi connectivity index (χ1) is 2.00. The second-order valence-corrected chi connectivity index (χ2v) is 0. The fraction of sp³-hybridized carbons (Fsp3) is 0. The SMILES string of the molecule is [CH3-].[CH3-].[CH3-].[CH3-].[Cl][Pt].[Cl][Pt].[NH2-].[NH2-].[NH2-].[NH2-].[NH2-].[NH2-].[NH2-].[NH2-].[NH2-].[NH2-].[Pt].[Pt].[Pt]. The number of halogens is 2. The van der Waals surface area contributed by atoms with Gasteiger partial charge in [0.15, 0.2) is 0 Å². The maximum absolute atomic E-state index is 4.61. The molecule has 0 spiro atoms. The molecular weight excluding hydrogens is 1230 g/mol. The molecule has 0 amide bonds. The van der Waals surface area contributed by atoms with Crippen LogP contribution in [0.3, 0.4) is 0 Å². The minimum absolute atomic E-state index is 0. The molecule has 0 heterocycles. The normalized spacial score (nSPS) is 0.667. The molecule has 0 aromatic heterocycles. The Hall–Kier alpha value is 3.62. The molecule has 0 fully saturated rings. The molecule has 0 aliphatic rings. The van der Waals surface area contributed by atoms with E-state index in [0.717, 1.165) is 0 Å². The summed E-state index contributed by atoms with van der Waals surface area (Å²) in [6.45, 7) is 0. The first-order valence-corrected chi connectivity index (χ1v) is 5.87. The average molecular weight is 1270 g/mol. The van der Waals surface area contributed by atoms with Crippen LogP contribution < -0.4 is 0 Å². The summed E-state index contributed by atoms with van der Waals surface area (Å²) in [5.41, 5.74) is 0. The molecule has 0 aromatic carbocycles. The maximum atomic E-state index is 4.61. The molecule has 21 heavy (non-hydrogen) atoms. The fourth-order valence-electron chi connectivity index (χ4n) is 0. The Balaban J connectivity index is -0.000000000124. The minimum atomic E-state index is 0. The molecule has 0 bridgehead atoms. The van der Waals surface area contributed by atoms with E-state index in [2.05, 4.69) is 18.8 Å². The van der Waals surface area contributed by atoms with Crippen molar-refractivity contribution < 1.29 is 101 Å². The first kappa shape index (κ1) is 435. The third-order valence-electron chi connectivity index (χ3n) is 0. The summed E-state index contributed by atoms with van der Waals surface area (Å²) in [6.07, 6.45) is 0. The van der Waals surface area contributed by atoms with Gasteiger partial charge in [0.2, 0.25) is 0 Å². The van der Waals surface area contributed by atoms with E-state index in [1.54, 1.807) is 37.5 Å². The fourth-order valence-corrected chi connectivity index (χ4v) is 0. The van der Waals surface area contributed by atoms with Crippen LogP contribution in [-0.2, 0) is 101 Å². The molecule has 10 nitrogen and oxygen atoms in total. The van der Waals surface area contributed by atoms with Gasteiger partial charge < -0.3 is 91.2 Å². The standard InChI is InChI=1S/4CH3.2ClH.10H2N.5Pt/h4*1H3;2*1H;10*1H2;;;;;/q4*-1;;;10*-1;;;;2*+1/p-2. The van der Waals surface area contributed by atoms with Gasteiger partial charge in [-0.25, -0.2) is 0 Å². The van der Waals surface area contributed by atoms with Crippen molar-refractivity contribution in [2.75, 3.05) is 0 Å². The summed E-state index contributed by atoms with van der Waals surface area (Å²) >= 11 is 3.22. The number of hydrogen-bond acceptors (Lipinski definition) is 0. The second kappa shape index (κ2) is 922. The molecule has 0 aromatic rings. The van der Waals surface area contributed by atoms with Crippen LogP contribution in [0.15, 0.2) is 0 Å². The summed E-state index contributed by atoms with van der Waals surface area (Å²) in [5.74, 6) is 0. The number of hydrogen-bond donors (Lipinski definition) is 0. The van der Waals surface area contributed by atoms with E-state index in [9.17, 15) is 0 Å². The summed E-state index contributed by atoms with van der Waals surface area (Å²) in [7, 11) is 9.22. The van der Waals surface area contributed by atoms with Crippen molar-refractivity contribution in [3.05, 3.63) is 91.2 Å². The molecule has 0 saturated carbocycles. The second-order valence-electron chi connectivity index (χ2n) is 0. The molecular formula is C4H32Cl2N10Pt5-14. The number of nitrogens with two attached hydrogens (primary N) is 10. The summed E-state index contributed by atoms with van der Waals surface area (Å²) in [6, 6.07) is 0. The van der Waals surface area contributed by atoms with Gasteiger partial charge in [-0.15, -0.1) is 0 Å². The molecule has 20 N–H and O–H groups in total. The predicted octanol–water partition coefficient (Wildman–Crippen LogP) is 10.3. The minimum Gasteiger partial charge on any atom is -0.693 e. The van der Waals surface area contributed by atoms with Crippen molar-refractivity contribution in [2.24, 2.45) is 0 Å². The van der Waals surface area contributed by atoms with E-state index in [0.29, 0.717) is 0 Å². The van der Waals surface area contributed by atoms with E-state index in [1.807, 2.05) is 0 Å². The van der Waals surface area contributed by atoms with Crippen molar-refractivity contribution in [2.45, 2.75) is 0 Å². The Morgan fingerprint density at radius 3 is 0.286 bits per heavy atom. The van der Waals surface area contributed by atoms with Gasteiger partial charge in [0, 0.05) is 63.2 Å². The maximum Gasteiger partial charge on any atom is 0 e. The zero-order chi connectivity index (χ0) is 4.00. The molecule has 17 heteroatoms. The zero-order valence-electron chi connectivity index (χ0n) is 12.1. The van der Waals surface area contributed by atoms with Gasteiger partial charge in [0.1, 0.15) is 0 Å². The average Bonchev–Trinajstić information content (AvgIpc) is 1.50. The molecule has 0 aliphatic carbocycles. The Bertz CT molecular complexity index is 37.4. The summed E-state index contributed by atoms with van der Waals surface area (Å²) < 4.78 is 0. The van der Waals surface area contributed by atoms with E-state index in [4.69, 9.17) is 0 Å². The molecule has 0 aliphatic heterocycles. The van der Waals surface area contributed by atoms with E-state index in [-0.39, 0.29) is 154 Å². The van der Waals surface area contributed by atoms with Gasteiger partial charge in [-0.1, -0.05) is 0 Å². The van der Waals surface area contributed by atoms with Crippen LogP contribution in [0.5, 0.6) is 0 Å². The van der Waals surface area contributed by atoms with Crippen molar-refractivity contribution in [1.29, 1.82) is 0 Å². The van der Waals surface area contributed by atoms with Crippen molar-refractivity contribution >= 4 is 18.8 Å². The number of rotatable bonds is 0. The van der Waals surface area contributed by atoms with Crippen molar-refractivity contribution in [3.63, 3.8) is 0 Å². The quantitative estimate of drug-likeness (QED) is 0.204. The van der Waals surface area contributed by atoms with Crippen LogP contribution >= 0.6 is 18.8 Å². The summed E-state index contributed by atoms with van der Waals surface area (Å²) in [5, 5.41) is 0. The van der Waals surface area contributed by atoms with Gasteiger partial charge in [-0.3, -0.25) is 0 Å². The topological polar surface area (TPSA) is 335 Å². The van der Waals surface area contributed by atoms with Crippen LogP contribution in [0.25, 0.3) is 61.5 Å². The van der Waals surface area contributed by atoms with Crippen LogP contribution in [0, 0.1) is 29.7 Å². The van der Waals surface area contributed by atoms with Crippen LogP contribution in [0.1, 0.15) is 0 Å². The first-order valence-electron chi connectivity index (χ1n) is 0.239. The molecule has 176 valence electrons. The molecule has 0 rings (SSSR count). The van der Waals surface area contributed by atoms with E-state index in [1.165, 1.54) is 0 Å². The Kier molecular flexibility index (Phi) is 19100.